The molecule has 0 saturated carbocycles. The molecule has 0 bridgehead atoms. The summed E-state index contributed by atoms with van der Waals surface area (Å²) in [5, 5.41) is 2.05. The summed E-state index contributed by atoms with van der Waals surface area (Å²) in [6, 6.07) is 7.45. The van der Waals surface area contributed by atoms with Gasteiger partial charge >= 0.3 is 5.97 Å². The lowest BCUT2D eigenvalue weighted by Crippen LogP contribution is -2.03. The van der Waals surface area contributed by atoms with E-state index in [9.17, 15) is 4.79 Å². The number of hydrogen-bond donors (Lipinski definition) is 0. The summed E-state index contributed by atoms with van der Waals surface area (Å²) in [5.41, 5.74) is 0. The monoisotopic (exact) mass is 280 g/mol. The van der Waals surface area contributed by atoms with E-state index in [1.54, 1.807) is 23.5 Å². The summed E-state index contributed by atoms with van der Waals surface area (Å²) in [6.45, 7) is 2.52. The molecule has 0 amide bonds. The Morgan fingerprint density at radius 1 is 1.42 bits per heavy atom. The first-order chi connectivity index (χ1) is 9.20. The molecule has 2 heterocycles. The lowest BCUT2D eigenvalue weighted by Gasteiger charge is -2.09. The number of rotatable bonds is 6. The number of methoxy groups -OCH3 is 1. The highest BCUT2D eigenvalue weighted by atomic mass is 32.1. The molecule has 2 aromatic rings. The minimum atomic E-state index is -0.475. The molecule has 2 aromatic heterocycles. The van der Waals surface area contributed by atoms with Crippen molar-refractivity contribution in [3.8, 4) is 0 Å². The third kappa shape index (κ3) is 3.68. The Morgan fingerprint density at radius 2 is 2.26 bits per heavy atom. The smallest absolute Gasteiger partial charge is 0.373 e. The molecule has 0 aromatic carbocycles. The summed E-state index contributed by atoms with van der Waals surface area (Å²) < 4.78 is 15.7. The number of furan rings is 1. The molecule has 1 atom stereocenters. The molecule has 5 heteroatoms. The Morgan fingerprint density at radius 3 is 2.95 bits per heavy atom. The van der Waals surface area contributed by atoms with E-state index in [1.807, 2.05) is 18.4 Å². The van der Waals surface area contributed by atoms with E-state index in [0.717, 1.165) is 6.42 Å². The number of esters is 1. The number of carbonyl (C=O) groups is 1. The molecule has 1 unspecified atom stereocenters. The predicted molar refractivity (Wildman–Crippen MR) is 72.4 cm³/mol. The van der Waals surface area contributed by atoms with Gasteiger partial charge in [0.2, 0.25) is 5.76 Å². The third-order valence-electron chi connectivity index (χ3n) is 2.71. The summed E-state index contributed by atoms with van der Waals surface area (Å²) in [5.74, 6) is 0.356. The molecule has 2 rings (SSSR count). The first-order valence-corrected chi connectivity index (χ1v) is 6.90. The van der Waals surface area contributed by atoms with Crippen molar-refractivity contribution in [1.82, 2.24) is 0 Å². The average Bonchev–Trinajstić information content (AvgIpc) is 3.08. The minimum Gasteiger partial charge on any atom is -0.463 e. The molecular formula is C14H16O4S. The maximum absolute atomic E-state index is 11.3. The van der Waals surface area contributed by atoms with Crippen LogP contribution >= 0.6 is 11.3 Å². The van der Waals surface area contributed by atoms with Gasteiger partial charge in [0, 0.05) is 11.3 Å². The molecule has 0 N–H and O–H groups in total. The highest BCUT2D eigenvalue weighted by molar-refractivity contribution is 7.09. The highest BCUT2D eigenvalue weighted by Crippen LogP contribution is 2.20. The second-order valence-electron chi connectivity index (χ2n) is 4.04. The van der Waals surface area contributed by atoms with E-state index in [-0.39, 0.29) is 11.9 Å². The van der Waals surface area contributed by atoms with Crippen LogP contribution in [0.5, 0.6) is 0 Å². The molecule has 0 saturated heterocycles. The number of hydrogen-bond acceptors (Lipinski definition) is 5. The second-order valence-corrected chi connectivity index (χ2v) is 5.07. The maximum Gasteiger partial charge on any atom is 0.373 e. The average molecular weight is 280 g/mol. The van der Waals surface area contributed by atoms with Crippen LogP contribution in [0.2, 0.25) is 0 Å². The summed E-state index contributed by atoms with van der Waals surface area (Å²) in [4.78, 5) is 12.6. The molecule has 4 nitrogen and oxygen atoms in total. The van der Waals surface area contributed by atoms with Crippen molar-refractivity contribution in [2.24, 2.45) is 0 Å². The Hall–Kier alpha value is -1.59. The first kappa shape index (κ1) is 13.8. The lowest BCUT2D eigenvalue weighted by atomic mass is 10.3. The topological polar surface area (TPSA) is 48.7 Å². The zero-order valence-corrected chi connectivity index (χ0v) is 11.7. The quantitative estimate of drug-likeness (QED) is 0.760. The Labute approximate surface area is 116 Å². The van der Waals surface area contributed by atoms with E-state index >= 15 is 0 Å². The van der Waals surface area contributed by atoms with Crippen LogP contribution in [-0.4, -0.2) is 19.7 Å². The Kier molecular flexibility index (Phi) is 4.76. The largest absolute Gasteiger partial charge is 0.463 e. The number of thiophene rings is 1. The van der Waals surface area contributed by atoms with Crippen LogP contribution in [0, 0.1) is 0 Å². The maximum atomic E-state index is 11.3. The van der Waals surface area contributed by atoms with Crippen molar-refractivity contribution in [2.45, 2.75) is 19.4 Å². The Balaban J connectivity index is 1.84. The van der Waals surface area contributed by atoms with E-state index in [2.05, 4.69) is 10.8 Å². The summed E-state index contributed by atoms with van der Waals surface area (Å²) in [7, 11) is 1.32. The minimum absolute atomic E-state index is 0.182. The number of carbonyl (C=O) groups excluding carboxylic acids is 1. The van der Waals surface area contributed by atoms with E-state index in [4.69, 9.17) is 9.15 Å². The molecule has 0 fully saturated rings. The van der Waals surface area contributed by atoms with Crippen LogP contribution in [-0.2, 0) is 15.9 Å². The molecule has 19 heavy (non-hydrogen) atoms. The van der Waals surface area contributed by atoms with Gasteiger partial charge in [-0.25, -0.2) is 4.79 Å². The van der Waals surface area contributed by atoms with Gasteiger partial charge in [-0.3, -0.25) is 0 Å². The van der Waals surface area contributed by atoms with Gasteiger partial charge in [-0.15, -0.1) is 11.3 Å². The van der Waals surface area contributed by atoms with Crippen molar-refractivity contribution in [3.63, 3.8) is 0 Å². The normalized spacial score (nSPS) is 12.3. The van der Waals surface area contributed by atoms with Gasteiger partial charge in [-0.2, -0.15) is 0 Å². The molecule has 0 aliphatic heterocycles. The fourth-order valence-electron chi connectivity index (χ4n) is 1.65. The first-order valence-electron chi connectivity index (χ1n) is 6.02. The summed E-state index contributed by atoms with van der Waals surface area (Å²) >= 11 is 1.72. The van der Waals surface area contributed by atoms with Crippen molar-refractivity contribution < 1.29 is 18.7 Å². The van der Waals surface area contributed by atoms with Crippen LogP contribution in [0.4, 0.5) is 0 Å². The second kappa shape index (κ2) is 6.54. The van der Waals surface area contributed by atoms with Crippen molar-refractivity contribution >= 4 is 17.3 Å². The van der Waals surface area contributed by atoms with Crippen LogP contribution < -0.4 is 0 Å². The van der Waals surface area contributed by atoms with Crippen molar-refractivity contribution in [1.29, 1.82) is 0 Å². The van der Waals surface area contributed by atoms with Gasteiger partial charge in [0.05, 0.1) is 13.7 Å². The van der Waals surface area contributed by atoms with Crippen LogP contribution in [0.25, 0.3) is 0 Å². The van der Waals surface area contributed by atoms with Crippen LogP contribution in [0.1, 0.15) is 34.2 Å². The van der Waals surface area contributed by atoms with E-state index < -0.39 is 5.97 Å². The predicted octanol–water partition coefficient (Wildman–Crippen LogP) is 3.45. The fraction of sp³-hybridized carbons (Fsp3) is 0.357. The molecular weight excluding hydrogens is 264 g/mol. The molecule has 102 valence electrons. The van der Waals surface area contributed by atoms with Gasteiger partial charge in [0.15, 0.2) is 0 Å². The van der Waals surface area contributed by atoms with Crippen LogP contribution in [0.3, 0.4) is 0 Å². The zero-order chi connectivity index (χ0) is 13.7. The van der Waals surface area contributed by atoms with Crippen molar-refractivity contribution in [2.75, 3.05) is 13.7 Å². The van der Waals surface area contributed by atoms with E-state index in [1.165, 1.54) is 12.0 Å². The molecule has 0 aliphatic rings. The van der Waals surface area contributed by atoms with Gasteiger partial charge in [-0.05, 0) is 30.5 Å². The van der Waals surface area contributed by atoms with Gasteiger partial charge in [-0.1, -0.05) is 6.07 Å². The van der Waals surface area contributed by atoms with Gasteiger partial charge < -0.3 is 13.9 Å². The molecule has 0 radical (unpaired) electrons. The Bertz CT molecular complexity index is 515. The standard InChI is InChI=1S/C14H16O4S/c1-10(17-8-7-11-4-3-9-19-11)12-5-6-13(18-12)14(15)16-2/h3-6,9-10H,7-8H2,1-2H3. The van der Waals surface area contributed by atoms with E-state index in [0.29, 0.717) is 12.4 Å². The SMILES string of the molecule is COC(=O)c1ccc(C(C)OCCc2cccs2)o1. The van der Waals surface area contributed by atoms with Crippen molar-refractivity contribution in [3.05, 3.63) is 46.0 Å². The number of ether oxygens (including phenoxy) is 2. The lowest BCUT2D eigenvalue weighted by molar-refractivity contribution is 0.0463. The molecule has 0 spiro atoms. The highest BCUT2D eigenvalue weighted by Gasteiger charge is 2.15. The van der Waals surface area contributed by atoms with Gasteiger partial charge in [0.1, 0.15) is 11.9 Å². The summed E-state index contributed by atoms with van der Waals surface area (Å²) in [6.07, 6.45) is 0.699. The van der Waals surface area contributed by atoms with Crippen LogP contribution in [0.15, 0.2) is 34.1 Å². The fourth-order valence-corrected chi connectivity index (χ4v) is 2.35. The van der Waals surface area contributed by atoms with Gasteiger partial charge in [0.25, 0.3) is 0 Å². The molecule has 0 aliphatic carbocycles. The zero-order valence-electron chi connectivity index (χ0n) is 10.9. The third-order valence-corrected chi connectivity index (χ3v) is 3.65.